The van der Waals surface area contributed by atoms with Crippen LogP contribution in [0.2, 0.25) is 0 Å². The molecule has 1 atom stereocenters. The Balaban J connectivity index is 1.94. The minimum atomic E-state index is 0.148. The number of nitrogens with one attached hydrogen (secondary N) is 1. The van der Waals surface area contributed by atoms with Crippen LogP contribution in [-0.4, -0.2) is 39.9 Å². The van der Waals surface area contributed by atoms with Crippen LogP contribution in [0.5, 0.6) is 0 Å². The molecule has 1 saturated heterocycles. The van der Waals surface area contributed by atoms with E-state index >= 15 is 0 Å². The van der Waals surface area contributed by atoms with Crippen molar-refractivity contribution in [3.63, 3.8) is 0 Å². The fourth-order valence-corrected chi connectivity index (χ4v) is 3.45. The third-order valence-corrected chi connectivity index (χ3v) is 4.48. The van der Waals surface area contributed by atoms with Crippen molar-refractivity contribution in [1.82, 2.24) is 9.88 Å². The zero-order valence-corrected chi connectivity index (χ0v) is 11.2. The van der Waals surface area contributed by atoms with E-state index in [9.17, 15) is 4.79 Å². The standard InChI is InChI=1S/C14H16N2OS/c1-10-9-16(7-8-18-10)14(17)12-4-2-3-11-5-6-15-13(11)12/h2-6,10,15H,7-9H2,1H3. The highest BCUT2D eigenvalue weighted by atomic mass is 32.2. The van der Waals surface area contributed by atoms with Crippen LogP contribution in [0.15, 0.2) is 30.5 Å². The van der Waals surface area contributed by atoms with Crippen molar-refractivity contribution in [2.45, 2.75) is 12.2 Å². The molecule has 3 nitrogen and oxygen atoms in total. The van der Waals surface area contributed by atoms with Crippen molar-refractivity contribution in [2.24, 2.45) is 0 Å². The summed E-state index contributed by atoms with van der Waals surface area (Å²) in [4.78, 5) is 17.7. The summed E-state index contributed by atoms with van der Waals surface area (Å²) < 4.78 is 0. The summed E-state index contributed by atoms with van der Waals surface area (Å²) in [6.07, 6.45) is 1.89. The first-order valence-electron chi connectivity index (χ1n) is 6.22. The third kappa shape index (κ3) is 2.01. The van der Waals surface area contributed by atoms with E-state index < -0.39 is 0 Å². The van der Waals surface area contributed by atoms with Gasteiger partial charge in [-0.15, -0.1) is 0 Å². The van der Waals surface area contributed by atoms with Crippen LogP contribution in [0.25, 0.3) is 10.9 Å². The highest BCUT2D eigenvalue weighted by Gasteiger charge is 2.23. The van der Waals surface area contributed by atoms with E-state index in [0.717, 1.165) is 35.3 Å². The summed E-state index contributed by atoms with van der Waals surface area (Å²) in [6, 6.07) is 7.89. The predicted octanol–water partition coefficient (Wildman–Crippen LogP) is 2.75. The zero-order valence-electron chi connectivity index (χ0n) is 10.3. The average molecular weight is 260 g/mol. The van der Waals surface area contributed by atoms with Crippen molar-refractivity contribution < 1.29 is 4.79 Å². The number of nitrogens with zero attached hydrogens (tertiary/aromatic N) is 1. The Morgan fingerprint density at radius 2 is 2.33 bits per heavy atom. The third-order valence-electron chi connectivity index (χ3n) is 3.35. The van der Waals surface area contributed by atoms with Gasteiger partial charge >= 0.3 is 0 Å². The number of aromatic amines is 1. The molecule has 0 saturated carbocycles. The van der Waals surface area contributed by atoms with Gasteiger partial charge in [-0.3, -0.25) is 4.79 Å². The molecule has 18 heavy (non-hydrogen) atoms. The van der Waals surface area contributed by atoms with Crippen LogP contribution < -0.4 is 0 Å². The molecule has 1 N–H and O–H groups in total. The van der Waals surface area contributed by atoms with Crippen molar-refractivity contribution in [1.29, 1.82) is 0 Å². The van der Waals surface area contributed by atoms with Gasteiger partial charge in [0, 0.05) is 35.7 Å². The molecule has 1 unspecified atom stereocenters. The molecule has 0 bridgehead atoms. The number of carbonyl (C=O) groups excluding carboxylic acids is 1. The van der Waals surface area contributed by atoms with Crippen molar-refractivity contribution >= 4 is 28.6 Å². The van der Waals surface area contributed by atoms with Crippen LogP contribution >= 0.6 is 11.8 Å². The Hall–Kier alpha value is -1.42. The highest BCUT2D eigenvalue weighted by molar-refractivity contribution is 7.99. The van der Waals surface area contributed by atoms with E-state index in [0.29, 0.717) is 5.25 Å². The molecule has 1 amide bonds. The maximum Gasteiger partial charge on any atom is 0.256 e. The van der Waals surface area contributed by atoms with E-state index in [1.165, 1.54) is 0 Å². The van der Waals surface area contributed by atoms with Crippen LogP contribution in [0.1, 0.15) is 17.3 Å². The lowest BCUT2D eigenvalue weighted by Gasteiger charge is -2.30. The lowest BCUT2D eigenvalue weighted by molar-refractivity contribution is 0.0765. The SMILES string of the molecule is CC1CN(C(=O)c2cccc3cc[nH]c23)CCS1. The molecule has 2 aromatic rings. The largest absolute Gasteiger partial charge is 0.361 e. The number of hydrogen-bond acceptors (Lipinski definition) is 2. The second kappa shape index (κ2) is 4.69. The molecule has 1 fully saturated rings. The molecular formula is C14H16N2OS. The quantitative estimate of drug-likeness (QED) is 0.856. The minimum absolute atomic E-state index is 0.148. The molecule has 3 rings (SSSR count). The summed E-state index contributed by atoms with van der Waals surface area (Å²) in [5, 5.41) is 1.63. The first-order chi connectivity index (χ1) is 8.75. The summed E-state index contributed by atoms with van der Waals surface area (Å²) in [5.74, 6) is 1.18. The van der Waals surface area contributed by atoms with Gasteiger partial charge in [0.15, 0.2) is 0 Å². The molecule has 1 aromatic heterocycles. The molecule has 0 aliphatic carbocycles. The summed E-state index contributed by atoms with van der Waals surface area (Å²) in [7, 11) is 0. The number of H-pyrrole nitrogens is 1. The number of aromatic nitrogens is 1. The predicted molar refractivity (Wildman–Crippen MR) is 76.1 cm³/mol. The van der Waals surface area contributed by atoms with Gasteiger partial charge in [-0.25, -0.2) is 0 Å². The molecule has 0 spiro atoms. The van der Waals surface area contributed by atoms with Gasteiger partial charge in [-0.05, 0) is 12.1 Å². The number of rotatable bonds is 1. The Kier molecular flexibility index (Phi) is 3.04. The second-order valence-corrected chi connectivity index (χ2v) is 6.23. The van der Waals surface area contributed by atoms with E-state index in [1.54, 1.807) is 0 Å². The van der Waals surface area contributed by atoms with Crippen molar-refractivity contribution in [2.75, 3.05) is 18.8 Å². The lowest BCUT2D eigenvalue weighted by atomic mass is 10.1. The smallest absolute Gasteiger partial charge is 0.256 e. The molecule has 1 aliphatic rings. The Bertz CT molecular complexity index is 578. The molecule has 1 aromatic carbocycles. The fraction of sp³-hybridized carbons (Fsp3) is 0.357. The lowest BCUT2D eigenvalue weighted by Crippen LogP contribution is -2.41. The van der Waals surface area contributed by atoms with E-state index in [1.807, 2.05) is 47.1 Å². The van der Waals surface area contributed by atoms with Gasteiger partial charge in [-0.1, -0.05) is 19.1 Å². The fourth-order valence-electron chi connectivity index (χ4n) is 2.44. The number of benzene rings is 1. The van der Waals surface area contributed by atoms with Gasteiger partial charge in [0.25, 0.3) is 5.91 Å². The number of carbonyl (C=O) groups is 1. The number of thioether (sulfide) groups is 1. The molecule has 94 valence electrons. The number of fused-ring (bicyclic) bond motifs is 1. The molecule has 1 aliphatic heterocycles. The molecule has 0 radical (unpaired) electrons. The normalized spacial score (nSPS) is 20.3. The summed E-state index contributed by atoms with van der Waals surface area (Å²) in [6.45, 7) is 3.88. The number of para-hydroxylation sites is 1. The summed E-state index contributed by atoms with van der Waals surface area (Å²) >= 11 is 1.94. The number of amides is 1. The Morgan fingerprint density at radius 1 is 1.44 bits per heavy atom. The molecular weight excluding hydrogens is 244 g/mol. The Morgan fingerprint density at radius 3 is 3.17 bits per heavy atom. The Labute approximate surface area is 111 Å². The van der Waals surface area contributed by atoms with Crippen LogP contribution in [-0.2, 0) is 0 Å². The monoisotopic (exact) mass is 260 g/mol. The van der Waals surface area contributed by atoms with Gasteiger partial charge in [-0.2, -0.15) is 11.8 Å². The van der Waals surface area contributed by atoms with Crippen LogP contribution in [0.3, 0.4) is 0 Å². The molecule has 4 heteroatoms. The van der Waals surface area contributed by atoms with Gasteiger partial charge in [0.1, 0.15) is 0 Å². The van der Waals surface area contributed by atoms with Gasteiger partial charge in [0.05, 0.1) is 11.1 Å². The van der Waals surface area contributed by atoms with Gasteiger partial charge in [0.2, 0.25) is 0 Å². The first-order valence-corrected chi connectivity index (χ1v) is 7.27. The average Bonchev–Trinajstić information content (AvgIpc) is 2.86. The first kappa shape index (κ1) is 11.7. The zero-order chi connectivity index (χ0) is 12.5. The van der Waals surface area contributed by atoms with Crippen molar-refractivity contribution in [3.8, 4) is 0 Å². The second-order valence-electron chi connectivity index (χ2n) is 4.68. The summed E-state index contributed by atoms with van der Waals surface area (Å²) in [5.41, 5.74) is 1.74. The maximum atomic E-state index is 12.6. The maximum absolute atomic E-state index is 12.6. The minimum Gasteiger partial charge on any atom is -0.361 e. The van der Waals surface area contributed by atoms with Gasteiger partial charge < -0.3 is 9.88 Å². The number of hydrogen-bond donors (Lipinski definition) is 1. The van der Waals surface area contributed by atoms with E-state index in [4.69, 9.17) is 0 Å². The molecule has 2 heterocycles. The van der Waals surface area contributed by atoms with Crippen molar-refractivity contribution in [3.05, 3.63) is 36.0 Å². The van der Waals surface area contributed by atoms with Crippen LogP contribution in [0.4, 0.5) is 0 Å². The van der Waals surface area contributed by atoms with E-state index in [2.05, 4.69) is 11.9 Å². The van der Waals surface area contributed by atoms with E-state index in [-0.39, 0.29) is 5.91 Å². The van der Waals surface area contributed by atoms with Crippen LogP contribution in [0, 0.1) is 0 Å². The highest BCUT2D eigenvalue weighted by Crippen LogP contribution is 2.22. The topological polar surface area (TPSA) is 36.1 Å².